The summed E-state index contributed by atoms with van der Waals surface area (Å²) in [5.41, 5.74) is 1.41. The van der Waals surface area contributed by atoms with Crippen LogP contribution in [0.2, 0.25) is 0 Å². The van der Waals surface area contributed by atoms with Gasteiger partial charge in [0.1, 0.15) is 5.76 Å². The number of aliphatic hydroxyl groups excluding tert-OH is 1. The highest BCUT2D eigenvalue weighted by molar-refractivity contribution is 6.51. The maximum Gasteiger partial charge on any atom is 0.300 e. The topological polar surface area (TPSA) is 79.3 Å². The zero-order valence-electron chi connectivity index (χ0n) is 18.8. The van der Waals surface area contributed by atoms with Gasteiger partial charge in [0, 0.05) is 37.1 Å². The summed E-state index contributed by atoms with van der Waals surface area (Å²) in [6.07, 6.45) is 0. The first-order valence-electron chi connectivity index (χ1n) is 10.7. The van der Waals surface area contributed by atoms with E-state index in [0.717, 1.165) is 22.7 Å². The van der Waals surface area contributed by atoms with Gasteiger partial charge in [-0.25, -0.2) is 8.78 Å². The molecule has 0 spiro atoms. The fraction of sp³-hybridized carbons (Fsp3) is 0.154. The lowest BCUT2D eigenvalue weighted by Gasteiger charge is -2.26. The zero-order valence-corrected chi connectivity index (χ0v) is 18.8. The first-order chi connectivity index (χ1) is 16.8. The molecule has 1 saturated heterocycles. The van der Waals surface area contributed by atoms with Crippen molar-refractivity contribution in [1.82, 2.24) is 0 Å². The van der Waals surface area contributed by atoms with Crippen LogP contribution < -0.4 is 19.3 Å². The molecule has 2 aliphatic heterocycles. The fourth-order valence-electron chi connectivity index (χ4n) is 4.20. The molecule has 5 rings (SSSR count). The fourth-order valence-corrected chi connectivity index (χ4v) is 4.20. The summed E-state index contributed by atoms with van der Waals surface area (Å²) in [7, 11) is 3.73. The number of ketones is 1. The van der Waals surface area contributed by atoms with Crippen LogP contribution in [-0.4, -0.2) is 37.7 Å². The monoisotopic (exact) mass is 478 g/mol. The van der Waals surface area contributed by atoms with Crippen molar-refractivity contribution < 1.29 is 33.0 Å². The maximum absolute atomic E-state index is 14.1. The molecule has 3 aromatic carbocycles. The maximum atomic E-state index is 14.1. The summed E-state index contributed by atoms with van der Waals surface area (Å²) >= 11 is 0. The lowest BCUT2D eigenvalue weighted by Crippen LogP contribution is -2.29. The molecule has 1 amide bonds. The average molecular weight is 478 g/mol. The number of hydrogen-bond acceptors (Lipinski definition) is 6. The van der Waals surface area contributed by atoms with Crippen LogP contribution in [0, 0.1) is 11.6 Å². The van der Waals surface area contributed by atoms with Gasteiger partial charge in [0.25, 0.3) is 11.7 Å². The van der Waals surface area contributed by atoms with E-state index in [9.17, 15) is 23.5 Å². The number of aliphatic hydroxyl groups is 1. The highest BCUT2D eigenvalue weighted by Gasteiger charge is 2.47. The molecular weight excluding hydrogens is 458 g/mol. The highest BCUT2D eigenvalue weighted by atomic mass is 19.2. The second kappa shape index (κ2) is 8.43. The van der Waals surface area contributed by atoms with E-state index in [1.54, 1.807) is 36.4 Å². The Bertz CT molecular complexity index is 1380. The van der Waals surface area contributed by atoms with Gasteiger partial charge in [-0.15, -0.1) is 0 Å². The second-order valence-electron chi connectivity index (χ2n) is 8.32. The Morgan fingerprint density at radius 2 is 1.66 bits per heavy atom. The average Bonchev–Trinajstić information content (AvgIpc) is 3.42. The molecule has 1 fully saturated rings. The molecule has 0 aromatic heterocycles. The molecule has 1 atom stereocenters. The summed E-state index contributed by atoms with van der Waals surface area (Å²) in [5.74, 6) is -3.73. The van der Waals surface area contributed by atoms with Gasteiger partial charge in [-0.1, -0.05) is 12.1 Å². The number of hydrogen-bond donors (Lipinski definition) is 1. The molecule has 1 N–H and O–H groups in total. The molecule has 0 radical (unpaired) electrons. The van der Waals surface area contributed by atoms with Gasteiger partial charge in [-0.2, -0.15) is 0 Å². The minimum atomic E-state index is -1.16. The summed E-state index contributed by atoms with van der Waals surface area (Å²) in [6.45, 7) is 0.0261. The predicted octanol–water partition coefficient (Wildman–Crippen LogP) is 4.39. The number of anilines is 2. The lowest BCUT2D eigenvalue weighted by molar-refractivity contribution is -0.132. The minimum absolute atomic E-state index is 0.0163. The molecule has 7 nitrogen and oxygen atoms in total. The molecule has 0 saturated carbocycles. The van der Waals surface area contributed by atoms with Crippen molar-refractivity contribution >= 4 is 28.8 Å². The summed E-state index contributed by atoms with van der Waals surface area (Å²) in [4.78, 5) is 29.3. The van der Waals surface area contributed by atoms with E-state index in [1.807, 2.05) is 19.0 Å². The van der Waals surface area contributed by atoms with Gasteiger partial charge in [0.15, 0.2) is 23.1 Å². The molecule has 2 aliphatic rings. The second-order valence-corrected chi connectivity index (χ2v) is 8.32. The Labute approximate surface area is 199 Å². The van der Waals surface area contributed by atoms with Crippen molar-refractivity contribution in [3.8, 4) is 11.5 Å². The van der Waals surface area contributed by atoms with Crippen molar-refractivity contribution in [3.63, 3.8) is 0 Å². The zero-order chi connectivity index (χ0) is 24.9. The van der Waals surface area contributed by atoms with E-state index in [-0.39, 0.29) is 23.6 Å². The third-order valence-electron chi connectivity index (χ3n) is 6.00. The third kappa shape index (κ3) is 3.74. The van der Waals surface area contributed by atoms with Crippen molar-refractivity contribution in [2.24, 2.45) is 0 Å². The van der Waals surface area contributed by atoms with Crippen LogP contribution in [0.15, 0.2) is 66.2 Å². The number of Topliss-reactive ketones (excluding diaryl/α,β-unsaturated/α-hetero) is 1. The number of amides is 1. The van der Waals surface area contributed by atoms with E-state index in [0.29, 0.717) is 17.1 Å². The van der Waals surface area contributed by atoms with Crippen LogP contribution >= 0.6 is 0 Å². The van der Waals surface area contributed by atoms with Gasteiger partial charge in [0.05, 0.1) is 11.6 Å². The number of ether oxygens (including phenoxy) is 2. The minimum Gasteiger partial charge on any atom is -0.507 e. The van der Waals surface area contributed by atoms with Crippen LogP contribution in [0.5, 0.6) is 11.5 Å². The van der Waals surface area contributed by atoms with Gasteiger partial charge in [0.2, 0.25) is 6.79 Å². The number of benzene rings is 3. The molecule has 2 heterocycles. The third-order valence-corrected chi connectivity index (χ3v) is 6.00. The number of fused-ring (bicyclic) bond motifs is 1. The molecular formula is C26H20F2N2O5. The van der Waals surface area contributed by atoms with Crippen molar-refractivity contribution in [1.29, 1.82) is 0 Å². The van der Waals surface area contributed by atoms with E-state index in [1.165, 1.54) is 12.1 Å². The number of rotatable bonds is 4. The molecule has 9 heteroatoms. The van der Waals surface area contributed by atoms with E-state index < -0.39 is 35.1 Å². The lowest BCUT2D eigenvalue weighted by atomic mass is 9.94. The van der Waals surface area contributed by atoms with Crippen molar-refractivity contribution in [2.45, 2.75) is 6.04 Å². The van der Waals surface area contributed by atoms with Gasteiger partial charge >= 0.3 is 0 Å². The van der Waals surface area contributed by atoms with Crippen molar-refractivity contribution in [3.05, 3.63) is 89.0 Å². The Morgan fingerprint density at radius 1 is 0.943 bits per heavy atom. The molecule has 35 heavy (non-hydrogen) atoms. The van der Waals surface area contributed by atoms with E-state index in [2.05, 4.69) is 0 Å². The summed E-state index contributed by atoms with van der Waals surface area (Å²) < 4.78 is 38.4. The van der Waals surface area contributed by atoms with Crippen LogP contribution in [0.3, 0.4) is 0 Å². The standard InChI is InChI=1S/C26H20F2N2O5/c1-29(2)16-6-3-14(4-7-16)23-22(24(31)15-5-10-20-21(11-15)35-13-34-20)25(32)26(33)30(23)17-8-9-18(27)19(28)12-17/h3-12,23,31H,13H2,1-2H3/b24-22-. The predicted molar refractivity (Wildman–Crippen MR) is 124 cm³/mol. The normalized spacial score (nSPS) is 18.3. The Kier molecular flexibility index (Phi) is 5.39. The molecule has 3 aromatic rings. The quantitative estimate of drug-likeness (QED) is 0.341. The molecule has 0 bridgehead atoms. The SMILES string of the molecule is CN(C)c1ccc(C2/C(=C(/O)c3ccc4c(c3)OCO4)C(=O)C(=O)N2c2ccc(F)c(F)c2)cc1. The Balaban J connectivity index is 1.69. The van der Waals surface area contributed by atoms with E-state index >= 15 is 0 Å². The Morgan fingerprint density at radius 3 is 2.34 bits per heavy atom. The Hall–Kier alpha value is -4.40. The number of carbonyl (C=O) groups is 2. The number of carbonyl (C=O) groups excluding carboxylic acids is 2. The summed E-state index contributed by atoms with van der Waals surface area (Å²) in [5, 5.41) is 11.2. The first kappa shape index (κ1) is 22.4. The summed E-state index contributed by atoms with van der Waals surface area (Å²) in [6, 6.07) is 13.5. The van der Waals surface area contributed by atoms with Gasteiger partial charge < -0.3 is 19.5 Å². The number of halogens is 2. The molecule has 1 unspecified atom stereocenters. The van der Waals surface area contributed by atoms with Crippen LogP contribution in [0.1, 0.15) is 17.2 Å². The van der Waals surface area contributed by atoms with Crippen molar-refractivity contribution in [2.75, 3.05) is 30.7 Å². The number of nitrogens with zero attached hydrogens (tertiary/aromatic N) is 2. The molecule has 178 valence electrons. The van der Waals surface area contributed by atoms with E-state index in [4.69, 9.17) is 9.47 Å². The van der Waals surface area contributed by atoms with Gasteiger partial charge in [-0.3, -0.25) is 14.5 Å². The first-order valence-corrected chi connectivity index (χ1v) is 10.7. The van der Waals surface area contributed by atoms with Crippen LogP contribution in [-0.2, 0) is 9.59 Å². The smallest absolute Gasteiger partial charge is 0.300 e. The van der Waals surface area contributed by atoms with Crippen LogP contribution in [0.25, 0.3) is 5.76 Å². The molecule has 0 aliphatic carbocycles. The highest BCUT2D eigenvalue weighted by Crippen LogP contribution is 2.44. The van der Waals surface area contributed by atoms with Crippen LogP contribution in [0.4, 0.5) is 20.2 Å². The largest absolute Gasteiger partial charge is 0.507 e. The van der Waals surface area contributed by atoms with Gasteiger partial charge in [-0.05, 0) is 48.0 Å².